The van der Waals surface area contributed by atoms with Gasteiger partial charge in [-0.2, -0.15) is 0 Å². The first-order chi connectivity index (χ1) is 12.1. The molecule has 1 aliphatic rings. The SMILES string of the molecule is COc1cccc(-c2nc3c([nH]2)CN(Cc2c(C)noc2C)CC3)c1. The van der Waals surface area contributed by atoms with Crippen molar-refractivity contribution in [2.45, 2.75) is 33.4 Å². The number of imidazole rings is 1. The lowest BCUT2D eigenvalue weighted by atomic mass is 10.1. The predicted octanol–water partition coefficient (Wildman–Crippen LogP) is 3.25. The van der Waals surface area contributed by atoms with E-state index in [4.69, 9.17) is 14.2 Å². The Bertz CT molecular complexity index is 877. The Morgan fingerprint density at radius 1 is 1.32 bits per heavy atom. The number of H-pyrrole nitrogens is 1. The molecule has 6 heteroatoms. The van der Waals surface area contributed by atoms with E-state index in [2.05, 4.69) is 21.1 Å². The van der Waals surface area contributed by atoms with Crippen LogP contribution in [-0.2, 0) is 19.5 Å². The van der Waals surface area contributed by atoms with Gasteiger partial charge in [-0.25, -0.2) is 4.98 Å². The van der Waals surface area contributed by atoms with E-state index in [0.29, 0.717) is 0 Å². The average Bonchev–Trinajstić information content (AvgIpc) is 3.20. The van der Waals surface area contributed by atoms with Crippen molar-refractivity contribution in [2.24, 2.45) is 0 Å². The molecule has 0 spiro atoms. The molecule has 3 aromatic rings. The van der Waals surface area contributed by atoms with Crippen LogP contribution < -0.4 is 4.74 Å². The molecule has 1 N–H and O–H groups in total. The number of ether oxygens (including phenoxy) is 1. The van der Waals surface area contributed by atoms with Gasteiger partial charge in [0.2, 0.25) is 0 Å². The van der Waals surface area contributed by atoms with Gasteiger partial charge in [-0.1, -0.05) is 17.3 Å². The zero-order chi connectivity index (χ0) is 17.4. The van der Waals surface area contributed by atoms with Gasteiger partial charge in [-0.3, -0.25) is 4.90 Å². The number of hydrogen-bond acceptors (Lipinski definition) is 5. The quantitative estimate of drug-likeness (QED) is 0.791. The summed E-state index contributed by atoms with van der Waals surface area (Å²) < 4.78 is 10.6. The third kappa shape index (κ3) is 3.05. The first-order valence-corrected chi connectivity index (χ1v) is 8.50. The van der Waals surface area contributed by atoms with Gasteiger partial charge in [0.15, 0.2) is 0 Å². The highest BCUT2D eigenvalue weighted by Gasteiger charge is 2.22. The van der Waals surface area contributed by atoms with Crippen molar-refractivity contribution in [3.05, 3.63) is 52.7 Å². The van der Waals surface area contributed by atoms with Crippen molar-refractivity contribution in [3.8, 4) is 17.1 Å². The summed E-state index contributed by atoms with van der Waals surface area (Å²) in [7, 11) is 1.68. The van der Waals surface area contributed by atoms with Gasteiger partial charge in [0.25, 0.3) is 0 Å². The second-order valence-corrected chi connectivity index (χ2v) is 6.51. The van der Waals surface area contributed by atoms with Crippen LogP contribution in [0.25, 0.3) is 11.4 Å². The fourth-order valence-corrected chi connectivity index (χ4v) is 3.34. The highest BCUT2D eigenvalue weighted by Crippen LogP contribution is 2.26. The molecule has 1 aliphatic heterocycles. The fourth-order valence-electron chi connectivity index (χ4n) is 3.34. The van der Waals surface area contributed by atoms with E-state index in [-0.39, 0.29) is 0 Å². The molecule has 6 nitrogen and oxygen atoms in total. The average molecular weight is 338 g/mol. The fraction of sp³-hybridized carbons (Fsp3) is 0.368. The Morgan fingerprint density at radius 2 is 2.20 bits per heavy atom. The minimum absolute atomic E-state index is 0.840. The molecule has 0 amide bonds. The monoisotopic (exact) mass is 338 g/mol. The molecule has 130 valence electrons. The first-order valence-electron chi connectivity index (χ1n) is 8.50. The second kappa shape index (κ2) is 6.37. The Labute approximate surface area is 146 Å². The summed E-state index contributed by atoms with van der Waals surface area (Å²) in [5.41, 5.74) is 5.57. The Hall–Kier alpha value is -2.60. The minimum Gasteiger partial charge on any atom is -0.497 e. The lowest BCUT2D eigenvalue weighted by Gasteiger charge is -2.25. The summed E-state index contributed by atoms with van der Waals surface area (Å²) in [6, 6.07) is 7.98. The maximum absolute atomic E-state index is 5.31. The standard InChI is InChI=1S/C19H22N4O2/c1-12-16(13(2)25-22-12)10-23-8-7-17-18(11-23)21-19(20-17)14-5-4-6-15(9-14)24-3/h4-6,9H,7-8,10-11H2,1-3H3,(H,20,21). The Morgan fingerprint density at radius 3 is 2.96 bits per heavy atom. The lowest BCUT2D eigenvalue weighted by Crippen LogP contribution is -2.30. The van der Waals surface area contributed by atoms with Crippen LogP contribution in [0.15, 0.2) is 28.8 Å². The van der Waals surface area contributed by atoms with Gasteiger partial charge in [-0.05, 0) is 26.0 Å². The predicted molar refractivity (Wildman–Crippen MR) is 94.4 cm³/mol. The zero-order valence-electron chi connectivity index (χ0n) is 14.8. The van der Waals surface area contributed by atoms with Crippen molar-refractivity contribution in [1.82, 2.24) is 20.0 Å². The van der Waals surface area contributed by atoms with Crippen molar-refractivity contribution in [3.63, 3.8) is 0 Å². The first kappa shape index (κ1) is 15.9. The molecule has 25 heavy (non-hydrogen) atoms. The van der Waals surface area contributed by atoms with E-state index in [0.717, 1.165) is 60.3 Å². The van der Waals surface area contributed by atoms with Gasteiger partial charge >= 0.3 is 0 Å². The van der Waals surface area contributed by atoms with E-state index in [1.807, 2.05) is 32.0 Å². The number of nitrogens with one attached hydrogen (secondary N) is 1. The van der Waals surface area contributed by atoms with Crippen molar-refractivity contribution in [1.29, 1.82) is 0 Å². The highest BCUT2D eigenvalue weighted by molar-refractivity contribution is 5.58. The normalized spacial score (nSPS) is 14.5. The molecule has 0 fully saturated rings. The number of aryl methyl sites for hydroxylation is 2. The summed E-state index contributed by atoms with van der Waals surface area (Å²) in [5, 5.41) is 4.05. The molecule has 0 saturated carbocycles. The summed E-state index contributed by atoms with van der Waals surface area (Å²) in [4.78, 5) is 10.7. The molecule has 0 saturated heterocycles. The molecule has 0 aliphatic carbocycles. The molecule has 0 bridgehead atoms. The third-order valence-corrected chi connectivity index (χ3v) is 4.82. The van der Waals surface area contributed by atoms with E-state index in [1.54, 1.807) is 7.11 Å². The molecular formula is C19H22N4O2. The number of methoxy groups -OCH3 is 1. The number of benzene rings is 1. The van der Waals surface area contributed by atoms with Crippen molar-refractivity contribution in [2.75, 3.05) is 13.7 Å². The smallest absolute Gasteiger partial charge is 0.138 e. The molecule has 0 radical (unpaired) electrons. The van der Waals surface area contributed by atoms with Crippen molar-refractivity contribution < 1.29 is 9.26 Å². The number of rotatable bonds is 4. The van der Waals surface area contributed by atoms with Crippen LogP contribution in [0.1, 0.15) is 28.4 Å². The van der Waals surface area contributed by atoms with Crippen LogP contribution in [-0.4, -0.2) is 33.7 Å². The summed E-state index contributed by atoms with van der Waals surface area (Å²) in [6.45, 7) is 6.67. The van der Waals surface area contributed by atoms with Gasteiger partial charge in [0, 0.05) is 37.2 Å². The van der Waals surface area contributed by atoms with E-state index < -0.39 is 0 Å². The summed E-state index contributed by atoms with van der Waals surface area (Å²) in [5.74, 6) is 2.65. The molecule has 1 aromatic carbocycles. The van der Waals surface area contributed by atoms with Gasteiger partial charge in [0.1, 0.15) is 17.3 Å². The van der Waals surface area contributed by atoms with Gasteiger partial charge < -0.3 is 14.2 Å². The molecule has 0 unspecified atom stereocenters. The van der Waals surface area contributed by atoms with Gasteiger partial charge in [0.05, 0.1) is 24.2 Å². The van der Waals surface area contributed by atoms with Crippen LogP contribution in [0.5, 0.6) is 5.75 Å². The zero-order valence-corrected chi connectivity index (χ0v) is 14.8. The number of fused-ring (bicyclic) bond motifs is 1. The maximum atomic E-state index is 5.31. The second-order valence-electron chi connectivity index (χ2n) is 6.51. The summed E-state index contributed by atoms with van der Waals surface area (Å²) in [6.07, 6.45) is 0.944. The van der Waals surface area contributed by atoms with E-state index in [1.165, 1.54) is 11.3 Å². The number of hydrogen-bond donors (Lipinski definition) is 1. The largest absolute Gasteiger partial charge is 0.497 e. The summed E-state index contributed by atoms with van der Waals surface area (Å²) >= 11 is 0. The molecule has 0 atom stereocenters. The van der Waals surface area contributed by atoms with Crippen LogP contribution in [0.2, 0.25) is 0 Å². The molecule has 2 aromatic heterocycles. The Kier molecular flexibility index (Phi) is 4.05. The van der Waals surface area contributed by atoms with Crippen molar-refractivity contribution >= 4 is 0 Å². The lowest BCUT2D eigenvalue weighted by molar-refractivity contribution is 0.239. The highest BCUT2D eigenvalue weighted by atomic mass is 16.5. The minimum atomic E-state index is 0.840. The Balaban J connectivity index is 1.55. The van der Waals surface area contributed by atoms with E-state index >= 15 is 0 Å². The van der Waals surface area contributed by atoms with Crippen LogP contribution >= 0.6 is 0 Å². The maximum Gasteiger partial charge on any atom is 0.138 e. The number of aromatic amines is 1. The third-order valence-electron chi connectivity index (χ3n) is 4.82. The van der Waals surface area contributed by atoms with Crippen LogP contribution in [0.3, 0.4) is 0 Å². The van der Waals surface area contributed by atoms with Gasteiger partial charge in [-0.15, -0.1) is 0 Å². The molecule has 3 heterocycles. The van der Waals surface area contributed by atoms with Crippen LogP contribution in [0, 0.1) is 13.8 Å². The van der Waals surface area contributed by atoms with E-state index in [9.17, 15) is 0 Å². The molecule has 4 rings (SSSR count). The number of aromatic nitrogens is 3. The van der Waals surface area contributed by atoms with Crippen LogP contribution in [0.4, 0.5) is 0 Å². The number of nitrogens with zero attached hydrogens (tertiary/aromatic N) is 3. The topological polar surface area (TPSA) is 67.2 Å². The molecular weight excluding hydrogens is 316 g/mol.